The third kappa shape index (κ3) is 6.15. The highest BCUT2D eigenvalue weighted by molar-refractivity contribution is 6.02. The fourth-order valence-corrected chi connectivity index (χ4v) is 2.90. The van der Waals surface area contributed by atoms with E-state index >= 15 is 0 Å². The minimum atomic E-state index is -5.07. The van der Waals surface area contributed by atoms with Crippen LogP contribution in [-0.4, -0.2) is 43.0 Å². The molecule has 1 amide bonds. The number of carbonyl (C=O) groups excluding carboxylic acids is 2. The summed E-state index contributed by atoms with van der Waals surface area (Å²) in [6.07, 6.45) is -2.26. The van der Waals surface area contributed by atoms with Gasteiger partial charge in [0.1, 0.15) is 6.61 Å². The van der Waals surface area contributed by atoms with E-state index < -0.39 is 18.6 Å². The molecule has 0 N–H and O–H groups in total. The van der Waals surface area contributed by atoms with Gasteiger partial charge >= 0.3 is 12.5 Å². The molecule has 1 saturated heterocycles. The van der Waals surface area contributed by atoms with Crippen molar-refractivity contribution >= 4 is 17.8 Å². The van der Waals surface area contributed by atoms with Gasteiger partial charge in [0, 0.05) is 11.6 Å². The Morgan fingerprint density at radius 2 is 2.04 bits per heavy atom. The van der Waals surface area contributed by atoms with Crippen molar-refractivity contribution < 1.29 is 37.0 Å². The van der Waals surface area contributed by atoms with Gasteiger partial charge < -0.3 is 14.2 Å². The van der Waals surface area contributed by atoms with Crippen molar-refractivity contribution in [2.75, 3.05) is 6.61 Å². The van der Waals surface area contributed by atoms with E-state index in [2.05, 4.69) is 14.5 Å². The molecular formula is C16H20F3NO5. The fourth-order valence-electron chi connectivity index (χ4n) is 2.90. The van der Waals surface area contributed by atoms with Crippen molar-refractivity contribution in [2.24, 2.45) is 16.8 Å². The van der Waals surface area contributed by atoms with Crippen LogP contribution in [0.2, 0.25) is 0 Å². The molecule has 2 aliphatic rings. The van der Waals surface area contributed by atoms with Gasteiger partial charge in [-0.25, -0.2) is 9.79 Å². The van der Waals surface area contributed by atoms with Crippen molar-refractivity contribution in [1.29, 1.82) is 0 Å². The van der Waals surface area contributed by atoms with Crippen LogP contribution in [0.4, 0.5) is 18.0 Å². The number of hydrogen-bond acceptors (Lipinski definition) is 5. The van der Waals surface area contributed by atoms with Gasteiger partial charge in [-0.3, -0.25) is 4.79 Å². The molecule has 2 heterocycles. The summed E-state index contributed by atoms with van der Waals surface area (Å²) in [7, 11) is 0. The largest absolute Gasteiger partial charge is 0.577 e. The number of allylic oxidation sites excluding steroid dienone is 2. The van der Waals surface area contributed by atoms with Gasteiger partial charge in [-0.15, -0.1) is 13.2 Å². The lowest BCUT2D eigenvalue weighted by molar-refractivity contribution is -0.299. The molecule has 2 aliphatic heterocycles. The maximum absolute atomic E-state index is 12.2. The average molecular weight is 363 g/mol. The van der Waals surface area contributed by atoms with E-state index in [9.17, 15) is 22.8 Å². The summed E-state index contributed by atoms with van der Waals surface area (Å²) in [5.74, 6) is -0.505. The number of hydrogen-bond donors (Lipinski definition) is 0. The van der Waals surface area contributed by atoms with Crippen LogP contribution >= 0.6 is 0 Å². The summed E-state index contributed by atoms with van der Waals surface area (Å²) < 4.78 is 48.8. The monoisotopic (exact) mass is 363 g/mol. The Morgan fingerprint density at radius 3 is 2.72 bits per heavy atom. The Bertz CT molecular complexity index is 573. The third-order valence-corrected chi connectivity index (χ3v) is 4.18. The van der Waals surface area contributed by atoms with E-state index in [-0.39, 0.29) is 30.5 Å². The Labute approximate surface area is 143 Å². The first-order chi connectivity index (χ1) is 11.6. The second-order valence-electron chi connectivity index (χ2n) is 6.22. The van der Waals surface area contributed by atoms with E-state index in [1.165, 1.54) is 0 Å². The topological polar surface area (TPSA) is 74.2 Å². The lowest BCUT2D eigenvalue weighted by Gasteiger charge is -2.21. The van der Waals surface area contributed by atoms with Crippen LogP contribution in [0.25, 0.3) is 0 Å². The zero-order valence-corrected chi connectivity index (χ0v) is 13.9. The molecule has 140 valence electrons. The van der Waals surface area contributed by atoms with E-state index in [0.29, 0.717) is 25.0 Å². The molecule has 0 aromatic heterocycles. The Morgan fingerprint density at radius 1 is 1.36 bits per heavy atom. The van der Waals surface area contributed by atoms with Crippen molar-refractivity contribution in [3.05, 3.63) is 12.2 Å². The van der Waals surface area contributed by atoms with Gasteiger partial charge in [0.15, 0.2) is 0 Å². The lowest BCUT2D eigenvalue weighted by atomic mass is 9.87. The van der Waals surface area contributed by atoms with Gasteiger partial charge in [0.2, 0.25) is 5.91 Å². The molecule has 0 bridgehead atoms. The Kier molecular flexibility index (Phi) is 6.21. The number of halogens is 3. The van der Waals surface area contributed by atoms with Crippen molar-refractivity contribution in [3.8, 4) is 0 Å². The number of alkyl halides is 3. The molecule has 6 nitrogen and oxygen atoms in total. The predicted molar refractivity (Wildman–Crippen MR) is 80.9 cm³/mol. The van der Waals surface area contributed by atoms with E-state index in [4.69, 9.17) is 4.74 Å². The Balaban J connectivity index is 1.80. The maximum Gasteiger partial charge on any atom is 0.577 e. The number of amides is 1. The van der Waals surface area contributed by atoms with Crippen LogP contribution < -0.4 is 0 Å². The molecule has 0 aliphatic carbocycles. The van der Waals surface area contributed by atoms with Crippen LogP contribution in [0.1, 0.15) is 33.1 Å². The van der Waals surface area contributed by atoms with Crippen molar-refractivity contribution in [3.63, 3.8) is 0 Å². The van der Waals surface area contributed by atoms with Crippen LogP contribution in [0.15, 0.2) is 17.1 Å². The van der Waals surface area contributed by atoms with Crippen LogP contribution in [0.3, 0.4) is 0 Å². The minimum absolute atomic E-state index is 0.00867. The molecule has 0 aromatic rings. The van der Waals surface area contributed by atoms with E-state index in [0.717, 1.165) is 0 Å². The van der Waals surface area contributed by atoms with Crippen molar-refractivity contribution in [2.45, 2.75) is 51.7 Å². The summed E-state index contributed by atoms with van der Waals surface area (Å²) in [4.78, 5) is 27.1. The molecule has 4 atom stereocenters. The third-order valence-electron chi connectivity index (χ3n) is 4.18. The smallest absolute Gasteiger partial charge is 0.431 e. The number of nitrogens with zero attached hydrogens (tertiary/aromatic N) is 1. The van der Waals surface area contributed by atoms with E-state index in [1.54, 1.807) is 13.0 Å². The SMILES string of the molecule is CC1=NC(=O)C(C[C@H]2CC[C@@H](COC(=O)OC(F)(F)F)O2)C(C)C=C1. The second kappa shape index (κ2) is 7.99. The molecule has 2 rings (SSSR count). The first-order valence-electron chi connectivity index (χ1n) is 7.99. The fraction of sp³-hybridized carbons (Fsp3) is 0.688. The molecular weight excluding hydrogens is 343 g/mol. The Hall–Kier alpha value is -1.90. The number of carbonyl (C=O) groups is 2. The molecule has 2 unspecified atom stereocenters. The highest BCUT2D eigenvalue weighted by atomic mass is 19.4. The number of rotatable bonds is 4. The van der Waals surface area contributed by atoms with Crippen LogP contribution in [0, 0.1) is 11.8 Å². The zero-order valence-electron chi connectivity index (χ0n) is 13.9. The summed E-state index contributed by atoms with van der Waals surface area (Å²) >= 11 is 0. The second-order valence-corrected chi connectivity index (χ2v) is 6.22. The van der Waals surface area contributed by atoms with Gasteiger partial charge in [0.05, 0.1) is 12.2 Å². The quantitative estimate of drug-likeness (QED) is 0.716. The maximum atomic E-state index is 12.2. The first kappa shape index (κ1) is 19.4. The molecule has 1 fully saturated rings. The summed E-state index contributed by atoms with van der Waals surface area (Å²) in [5, 5.41) is 0. The summed E-state index contributed by atoms with van der Waals surface area (Å²) in [5.41, 5.74) is 0.654. The molecule has 0 radical (unpaired) electrons. The van der Waals surface area contributed by atoms with E-state index in [1.807, 2.05) is 13.0 Å². The minimum Gasteiger partial charge on any atom is -0.431 e. The van der Waals surface area contributed by atoms with Gasteiger partial charge in [-0.05, 0) is 38.2 Å². The molecule has 0 saturated carbocycles. The summed E-state index contributed by atoms with van der Waals surface area (Å²) in [6.45, 7) is 3.36. The number of aliphatic imine (C=N–C) groups is 1. The molecule has 9 heteroatoms. The number of ether oxygens (including phenoxy) is 3. The predicted octanol–water partition coefficient (Wildman–Crippen LogP) is 3.41. The highest BCUT2D eigenvalue weighted by Crippen LogP contribution is 2.30. The van der Waals surface area contributed by atoms with Gasteiger partial charge in [0.25, 0.3) is 0 Å². The zero-order chi connectivity index (χ0) is 18.6. The average Bonchev–Trinajstić information content (AvgIpc) is 2.89. The first-order valence-corrected chi connectivity index (χ1v) is 7.99. The van der Waals surface area contributed by atoms with Gasteiger partial charge in [-0.1, -0.05) is 13.0 Å². The highest BCUT2D eigenvalue weighted by Gasteiger charge is 2.36. The molecule has 25 heavy (non-hydrogen) atoms. The summed E-state index contributed by atoms with van der Waals surface area (Å²) in [6, 6.07) is 0. The lowest BCUT2D eigenvalue weighted by Crippen LogP contribution is -2.27. The van der Waals surface area contributed by atoms with Crippen LogP contribution in [-0.2, 0) is 19.0 Å². The molecule has 0 aromatic carbocycles. The van der Waals surface area contributed by atoms with Crippen LogP contribution in [0.5, 0.6) is 0 Å². The standard InChI is InChI=1S/C16H20F3NO5/c1-9-3-4-10(2)20-14(21)13(9)7-11-5-6-12(24-11)8-23-15(22)25-16(17,18)19/h3-4,9,11-13H,5-8H2,1-2H3/t9?,11-,12+,13?/m1/s1. The molecule has 0 spiro atoms. The van der Waals surface area contributed by atoms with Gasteiger partial charge in [-0.2, -0.15) is 0 Å². The normalized spacial score (nSPS) is 30.0. The van der Waals surface area contributed by atoms with Crippen molar-refractivity contribution in [1.82, 2.24) is 0 Å².